The highest BCUT2D eigenvalue weighted by Gasteiger charge is 2.39. The summed E-state index contributed by atoms with van der Waals surface area (Å²) in [6, 6.07) is 16.3. The summed E-state index contributed by atoms with van der Waals surface area (Å²) in [7, 11) is 0. The fourth-order valence-electron chi connectivity index (χ4n) is 5.93. The number of hydrogen-bond donors (Lipinski definition) is 1. The smallest absolute Gasteiger partial charge is 0.255 e. The number of rotatable bonds is 5. The van der Waals surface area contributed by atoms with Crippen LogP contribution in [0.3, 0.4) is 0 Å². The van der Waals surface area contributed by atoms with Gasteiger partial charge in [0.25, 0.3) is 5.91 Å². The van der Waals surface area contributed by atoms with E-state index in [2.05, 4.69) is 21.3 Å². The van der Waals surface area contributed by atoms with E-state index in [-0.39, 0.29) is 30.0 Å². The molecular weight excluding hydrogens is 483 g/mol. The lowest BCUT2D eigenvalue weighted by Crippen LogP contribution is -2.52. The van der Waals surface area contributed by atoms with Gasteiger partial charge < -0.3 is 4.90 Å². The number of nitrogens with one attached hydrogen (secondary N) is 1. The Labute approximate surface area is 220 Å². The lowest BCUT2D eigenvalue weighted by Gasteiger charge is -2.32. The van der Waals surface area contributed by atoms with Crippen LogP contribution < -0.4 is 5.32 Å². The topological polar surface area (TPSA) is 82.6 Å². The summed E-state index contributed by atoms with van der Waals surface area (Å²) in [5.41, 5.74) is 5.18. The van der Waals surface area contributed by atoms with Crippen LogP contribution in [0.5, 0.6) is 0 Å². The molecule has 0 saturated carbocycles. The molecule has 0 spiro atoms. The number of amides is 3. The Balaban J connectivity index is 1.13. The molecule has 2 saturated heterocycles. The van der Waals surface area contributed by atoms with Gasteiger partial charge in [-0.1, -0.05) is 24.3 Å². The first-order valence-corrected chi connectivity index (χ1v) is 13.2. The van der Waals surface area contributed by atoms with Crippen molar-refractivity contribution in [1.29, 1.82) is 0 Å². The second-order valence-electron chi connectivity index (χ2n) is 10.4. The number of fused-ring (bicyclic) bond motifs is 1. The van der Waals surface area contributed by atoms with Gasteiger partial charge in [0.1, 0.15) is 11.9 Å². The molecule has 194 valence electrons. The molecule has 0 aliphatic carbocycles. The summed E-state index contributed by atoms with van der Waals surface area (Å²) in [5.74, 6) is -0.732. The van der Waals surface area contributed by atoms with Crippen molar-refractivity contribution in [2.45, 2.75) is 50.7 Å². The number of likely N-dealkylation sites (tertiary alicyclic amines) is 1. The summed E-state index contributed by atoms with van der Waals surface area (Å²) in [6.45, 7) is 2.96. The van der Waals surface area contributed by atoms with E-state index >= 15 is 0 Å². The van der Waals surface area contributed by atoms with Crippen LogP contribution in [0.25, 0.3) is 11.3 Å². The lowest BCUT2D eigenvalue weighted by molar-refractivity contribution is -0.136. The number of pyridine rings is 1. The average Bonchev–Trinajstić information content (AvgIpc) is 3.25. The highest BCUT2D eigenvalue weighted by atomic mass is 19.1. The third kappa shape index (κ3) is 4.72. The molecule has 38 heavy (non-hydrogen) atoms. The van der Waals surface area contributed by atoms with E-state index in [0.29, 0.717) is 18.5 Å². The van der Waals surface area contributed by atoms with E-state index < -0.39 is 11.9 Å². The molecule has 3 aliphatic rings. The Morgan fingerprint density at radius 3 is 2.58 bits per heavy atom. The Kier molecular flexibility index (Phi) is 6.49. The molecule has 3 aliphatic heterocycles. The summed E-state index contributed by atoms with van der Waals surface area (Å²) in [6.07, 6.45) is 4.26. The number of carbonyl (C=O) groups is 3. The number of hydrogen-bond acceptors (Lipinski definition) is 5. The number of aromatic nitrogens is 1. The van der Waals surface area contributed by atoms with Gasteiger partial charge in [-0.3, -0.25) is 29.6 Å². The largest absolute Gasteiger partial charge is 0.322 e. The normalized spacial score (nSPS) is 20.5. The van der Waals surface area contributed by atoms with Crippen LogP contribution in [0.1, 0.15) is 58.6 Å². The highest BCUT2D eigenvalue weighted by molar-refractivity contribution is 6.05. The summed E-state index contributed by atoms with van der Waals surface area (Å²) >= 11 is 0. The van der Waals surface area contributed by atoms with Crippen molar-refractivity contribution in [1.82, 2.24) is 20.1 Å². The molecule has 6 rings (SSSR count). The maximum absolute atomic E-state index is 14.2. The molecule has 8 heteroatoms. The zero-order chi connectivity index (χ0) is 26.2. The van der Waals surface area contributed by atoms with Crippen LogP contribution in [-0.2, 0) is 22.7 Å². The highest BCUT2D eigenvalue weighted by Crippen LogP contribution is 2.32. The van der Waals surface area contributed by atoms with Crippen molar-refractivity contribution < 1.29 is 18.8 Å². The molecule has 1 aromatic heterocycles. The first-order valence-electron chi connectivity index (χ1n) is 13.2. The van der Waals surface area contributed by atoms with Crippen LogP contribution in [-0.4, -0.2) is 51.6 Å². The molecule has 1 unspecified atom stereocenters. The van der Waals surface area contributed by atoms with Gasteiger partial charge in [0.05, 0.1) is 5.69 Å². The predicted molar refractivity (Wildman–Crippen MR) is 139 cm³/mol. The van der Waals surface area contributed by atoms with Gasteiger partial charge >= 0.3 is 0 Å². The number of halogens is 1. The van der Waals surface area contributed by atoms with Gasteiger partial charge in [-0.25, -0.2) is 4.39 Å². The van der Waals surface area contributed by atoms with Crippen LogP contribution in [0.4, 0.5) is 4.39 Å². The number of imide groups is 1. The summed E-state index contributed by atoms with van der Waals surface area (Å²) in [4.78, 5) is 45.4. The standard InChI is InChI=1S/C30H29FN4O3/c31-25-4-2-1-3-23(25)20-10-13-34(14-11-20)17-19-9-12-32-26(15-19)21-5-6-24-22(16-21)18-35(30(24)38)27-7-8-28(36)33-29(27)37/h1-6,9,12,15-16,20,27H,7-8,10-11,13-14,17-18H2,(H,33,36,37). The summed E-state index contributed by atoms with van der Waals surface area (Å²) in [5, 5.41) is 2.34. The number of nitrogens with zero attached hydrogens (tertiary/aromatic N) is 3. The van der Waals surface area contributed by atoms with Crippen LogP contribution in [0, 0.1) is 5.82 Å². The Morgan fingerprint density at radius 2 is 1.79 bits per heavy atom. The molecule has 3 amide bonds. The second-order valence-corrected chi connectivity index (χ2v) is 10.4. The molecule has 1 N–H and O–H groups in total. The van der Waals surface area contributed by atoms with Gasteiger partial charge in [-0.15, -0.1) is 0 Å². The first kappa shape index (κ1) is 24.4. The lowest BCUT2D eigenvalue weighted by atomic mass is 9.89. The Morgan fingerprint density at radius 1 is 0.974 bits per heavy atom. The van der Waals surface area contributed by atoms with E-state index in [0.717, 1.165) is 60.4 Å². The van der Waals surface area contributed by atoms with Gasteiger partial charge in [-0.2, -0.15) is 0 Å². The van der Waals surface area contributed by atoms with E-state index in [1.165, 1.54) is 0 Å². The van der Waals surface area contributed by atoms with Gasteiger partial charge in [0, 0.05) is 36.8 Å². The van der Waals surface area contributed by atoms with Crippen molar-refractivity contribution in [3.05, 3.63) is 88.9 Å². The minimum absolute atomic E-state index is 0.110. The van der Waals surface area contributed by atoms with E-state index in [1.807, 2.05) is 36.5 Å². The molecule has 1 atom stereocenters. The van der Waals surface area contributed by atoms with Crippen molar-refractivity contribution in [2.24, 2.45) is 0 Å². The molecule has 0 bridgehead atoms. The van der Waals surface area contributed by atoms with Crippen molar-refractivity contribution in [3.8, 4) is 11.3 Å². The van der Waals surface area contributed by atoms with E-state index in [1.54, 1.807) is 23.1 Å². The zero-order valence-electron chi connectivity index (χ0n) is 21.0. The van der Waals surface area contributed by atoms with E-state index in [9.17, 15) is 18.8 Å². The fraction of sp³-hybridized carbons (Fsp3) is 0.333. The monoisotopic (exact) mass is 512 g/mol. The predicted octanol–water partition coefficient (Wildman–Crippen LogP) is 4.03. The number of carbonyl (C=O) groups excluding carboxylic acids is 3. The quantitative estimate of drug-likeness (QED) is 0.522. The average molecular weight is 513 g/mol. The molecule has 3 aromatic rings. The maximum atomic E-state index is 14.2. The van der Waals surface area contributed by atoms with Gasteiger partial charge in [0.2, 0.25) is 11.8 Å². The molecule has 2 aromatic carbocycles. The molecule has 4 heterocycles. The number of benzene rings is 2. The minimum Gasteiger partial charge on any atom is -0.322 e. The van der Waals surface area contributed by atoms with Crippen LogP contribution in [0.2, 0.25) is 0 Å². The number of piperidine rings is 2. The first-order chi connectivity index (χ1) is 18.5. The van der Waals surface area contributed by atoms with Gasteiger partial charge in [0.15, 0.2) is 0 Å². The van der Waals surface area contributed by atoms with Crippen molar-refractivity contribution in [3.63, 3.8) is 0 Å². The molecule has 2 fully saturated rings. The third-order valence-corrected chi connectivity index (χ3v) is 7.98. The maximum Gasteiger partial charge on any atom is 0.255 e. The minimum atomic E-state index is -0.625. The molecule has 0 radical (unpaired) electrons. The Hall–Kier alpha value is -3.91. The van der Waals surface area contributed by atoms with Crippen molar-refractivity contribution >= 4 is 17.7 Å². The molecule has 7 nitrogen and oxygen atoms in total. The summed E-state index contributed by atoms with van der Waals surface area (Å²) < 4.78 is 14.2. The van der Waals surface area contributed by atoms with Gasteiger partial charge in [-0.05, 0) is 85.3 Å². The Bertz CT molecular complexity index is 1420. The van der Waals surface area contributed by atoms with Crippen LogP contribution in [0.15, 0.2) is 60.8 Å². The second kappa shape index (κ2) is 10.1. The zero-order valence-corrected chi connectivity index (χ0v) is 21.0. The third-order valence-electron chi connectivity index (χ3n) is 7.98. The van der Waals surface area contributed by atoms with E-state index in [4.69, 9.17) is 0 Å². The van der Waals surface area contributed by atoms with Crippen molar-refractivity contribution in [2.75, 3.05) is 13.1 Å². The SMILES string of the molecule is O=C1CCC(N2Cc3cc(-c4cc(CN5CCC(c6ccccc6F)CC5)ccn4)ccc3C2=O)C(=O)N1. The van der Waals surface area contributed by atoms with Crippen LogP contribution >= 0.6 is 0 Å². The fourth-order valence-corrected chi connectivity index (χ4v) is 5.93. The molecular formula is C30H29FN4O3.